The van der Waals surface area contributed by atoms with Gasteiger partial charge in [-0.25, -0.2) is 0 Å². The Balaban J connectivity index is 3.70. The van der Waals surface area contributed by atoms with Gasteiger partial charge in [0.25, 0.3) is 0 Å². The summed E-state index contributed by atoms with van der Waals surface area (Å²) in [6, 6.07) is 0. The Hall–Kier alpha value is -0.220. The molecule has 0 rings (SSSR count). The van der Waals surface area contributed by atoms with Crippen molar-refractivity contribution in [3.8, 4) is 0 Å². The van der Waals surface area contributed by atoms with Crippen molar-refractivity contribution in [3.05, 3.63) is 0 Å². The van der Waals surface area contributed by atoms with Gasteiger partial charge in [-0.3, -0.25) is 9.69 Å². The lowest BCUT2D eigenvalue weighted by Gasteiger charge is -2.19. The molecule has 0 saturated carbocycles. The second-order valence-corrected chi connectivity index (χ2v) is 4.18. The number of esters is 1. The van der Waals surface area contributed by atoms with Gasteiger partial charge in [0.15, 0.2) is 0 Å². The van der Waals surface area contributed by atoms with Gasteiger partial charge in [-0.1, -0.05) is 6.92 Å². The molecular weight excluding hydrogens is 198 g/mol. The summed E-state index contributed by atoms with van der Waals surface area (Å²) in [7, 11) is 1.44. The first kappa shape index (κ1) is 13.8. The molecule has 0 heterocycles. The number of methoxy groups -OCH3 is 1. The Morgan fingerprint density at radius 2 is 2.14 bits per heavy atom. The lowest BCUT2D eigenvalue weighted by molar-refractivity contribution is -0.141. The summed E-state index contributed by atoms with van der Waals surface area (Å²) in [4.78, 5) is 13.2. The monoisotopic (exact) mass is 219 g/mol. The molecule has 0 unspecified atom stereocenters. The van der Waals surface area contributed by atoms with Crippen LogP contribution in [0.1, 0.15) is 19.8 Å². The molecule has 0 N–H and O–H groups in total. The average molecular weight is 219 g/mol. The van der Waals surface area contributed by atoms with Crippen LogP contribution < -0.4 is 0 Å². The Kier molecular flexibility index (Phi) is 9.19. The van der Waals surface area contributed by atoms with Gasteiger partial charge in [-0.15, -0.1) is 0 Å². The summed E-state index contributed by atoms with van der Waals surface area (Å²) >= 11 is 1.84. The summed E-state index contributed by atoms with van der Waals surface area (Å²) in [6.45, 7) is 4.52. The molecule has 0 aliphatic carbocycles. The Bertz CT molecular complexity index is 153. The highest BCUT2D eigenvalue weighted by Crippen LogP contribution is 2.00. The largest absolute Gasteiger partial charge is 0.468 e. The molecule has 0 aromatic carbocycles. The smallest absolute Gasteiger partial charge is 0.319 e. The molecule has 0 atom stereocenters. The normalized spacial score (nSPS) is 10.6. The highest BCUT2D eigenvalue weighted by atomic mass is 32.2. The molecule has 0 aromatic heterocycles. The molecule has 0 aliphatic heterocycles. The number of carbonyl (C=O) groups excluding carboxylic acids is 1. The number of thioether (sulfide) groups is 1. The van der Waals surface area contributed by atoms with E-state index in [-0.39, 0.29) is 5.97 Å². The van der Waals surface area contributed by atoms with Gasteiger partial charge in [-0.05, 0) is 37.9 Å². The van der Waals surface area contributed by atoms with E-state index >= 15 is 0 Å². The van der Waals surface area contributed by atoms with Gasteiger partial charge in [0.1, 0.15) is 0 Å². The summed E-state index contributed by atoms with van der Waals surface area (Å²) in [5.41, 5.74) is 0. The fourth-order valence-electron chi connectivity index (χ4n) is 1.27. The average Bonchev–Trinajstić information content (AvgIpc) is 2.18. The van der Waals surface area contributed by atoms with Gasteiger partial charge >= 0.3 is 5.97 Å². The second-order valence-electron chi connectivity index (χ2n) is 3.20. The van der Waals surface area contributed by atoms with Crippen molar-refractivity contribution >= 4 is 17.7 Å². The van der Waals surface area contributed by atoms with Crippen LogP contribution in [-0.4, -0.2) is 49.6 Å². The lowest BCUT2D eigenvalue weighted by Crippen LogP contribution is -2.32. The molecule has 0 saturated heterocycles. The van der Waals surface area contributed by atoms with Crippen molar-refractivity contribution in [1.29, 1.82) is 0 Å². The molecule has 0 spiro atoms. The van der Waals surface area contributed by atoms with E-state index in [0.29, 0.717) is 6.54 Å². The van der Waals surface area contributed by atoms with E-state index in [0.717, 1.165) is 31.7 Å². The predicted molar refractivity (Wildman–Crippen MR) is 61.7 cm³/mol. The molecule has 0 amide bonds. The predicted octanol–water partition coefficient (Wildman–Crippen LogP) is 1.62. The standard InChI is InChI=1S/C10H21NO2S/c1-4-6-11(7-5-8-14-3)9-10(12)13-2/h4-9H2,1-3H3. The van der Waals surface area contributed by atoms with Crippen molar-refractivity contribution in [3.63, 3.8) is 0 Å². The topological polar surface area (TPSA) is 29.5 Å². The van der Waals surface area contributed by atoms with Gasteiger partial charge in [0.2, 0.25) is 0 Å². The van der Waals surface area contributed by atoms with Gasteiger partial charge < -0.3 is 4.74 Å². The van der Waals surface area contributed by atoms with Crippen LogP contribution in [0.4, 0.5) is 0 Å². The van der Waals surface area contributed by atoms with Crippen molar-refractivity contribution < 1.29 is 9.53 Å². The van der Waals surface area contributed by atoms with E-state index in [1.54, 1.807) is 0 Å². The highest BCUT2D eigenvalue weighted by Gasteiger charge is 2.08. The molecule has 14 heavy (non-hydrogen) atoms. The molecule has 0 aromatic rings. The van der Waals surface area contributed by atoms with E-state index in [9.17, 15) is 4.79 Å². The molecule has 84 valence electrons. The Morgan fingerprint density at radius 3 is 2.64 bits per heavy atom. The number of carbonyl (C=O) groups is 1. The van der Waals surface area contributed by atoms with Crippen LogP contribution in [0, 0.1) is 0 Å². The number of hydrogen-bond donors (Lipinski definition) is 0. The van der Waals surface area contributed by atoms with Crippen LogP contribution >= 0.6 is 11.8 Å². The lowest BCUT2D eigenvalue weighted by atomic mass is 10.3. The van der Waals surface area contributed by atoms with Crippen molar-refractivity contribution in [2.45, 2.75) is 19.8 Å². The maximum atomic E-state index is 11.1. The van der Waals surface area contributed by atoms with Crippen LogP contribution in [0.2, 0.25) is 0 Å². The SMILES string of the molecule is CCCN(CCCSC)CC(=O)OC. The zero-order valence-corrected chi connectivity index (χ0v) is 10.2. The summed E-state index contributed by atoms with van der Waals surface area (Å²) in [5, 5.41) is 0. The molecule has 3 nitrogen and oxygen atoms in total. The third-order valence-corrected chi connectivity index (χ3v) is 2.64. The quantitative estimate of drug-likeness (QED) is 0.458. The molecule has 4 heteroatoms. The zero-order chi connectivity index (χ0) is 10.8. The van der Waals surface area contributed by atoms with Crippen LogP contribution in [0.5, 0.6) is 0 Å². The van der Waals surface area contributed by atoms with E-state index in [1.807, 2.05) is 11.8 Å². The van der Waals surface area contributed by atoms with Gasteiger partial charge in [0.05, 0.1) is 13.7 Å². The van der Waals surface area contributed by atoms with Crippen molar-refractivity contribution in [2.75, 3.05) is 38.8 Å². The van der Waals surface area contributed by atoms with Gasteiger partial charge in [0, 0.05) is 0 Å². The third-order valence-electron chi connectivity index (χ3n) is 1.94. The van der Waals surface area contributed by atoms with Crippen LogP contribution in [0.25, 0.3) is 0 Å². The molecular formula is C10H21NO2S. The zero-order valence-electron chi connectivity index (χ0n) is 9.41. The maximum absolute atomic E-state index is 11.1. The number of nitrogens with zero attached hydrogens (tertiary/aromatic N) is 1. The fourth-order valence-corrected chi connectivity index (χ4v) is 1.68. The number of ether oxygens (including phenoxy) is 1. The Morgan fingerprint density at radius 1 is 1.43 bits per heavy atom. The summed E-state index contributed by atoms with van der Waals surface area (Å²) in [6.07, 6.45) is 4.32. The van der Waals surface area contributed by atoms with E-state index in [1.165, 1.54) is 7.11 Å². The minimum Gasteiger partial charge on any atom is -0.468 e. The van der Waals surface area contributed by atoms with Crippen LogP contribution in [0.15, 0.2) is 0 Å². The van der Waals surface area contributed by atoms with E-state index in [4.69, 9.17) is 0 Å². The Labute approximate surface area is 91.2 Å². The molecule has 0 radical (unpaired) electrons. The first-order chi connectivity index (χ1) is 6.74. The number of rotatable bonds is 8. The molecule has 0 bridgehead atoms. The second kappa shape index (κ2) is 9.34. The summed E-state index contributed by atoms with van der Waals surface area (Å²) < 4.78 is 4.65. The molecule has 0 fully saturated rings. The van der Waals surface area contributed by atoms with Crippen LogP contribution in [-0.2, 0) is 9.53 Å². The first-order valence-electron chi connectivity index (χ1n) is 5.02. The van der Waals surface area contributed by atoms with E-state index in [2.05, 4.69) is 22.8 Å². The highest BCUT2D eigenvalue weighted by molar-refractivity contribution is 7.98. The third kappa shape index (κ3) is 7.21. The van der Waals surface area contributed by atoms with Crippen LogP contribution in [0.3, 0.4) is 0 Å². The fraction of sp³-hybridized carbons (Fsp3) is 0.900. The van der Waals surface area contributed by atoms with Crippen molar-refractivity contribution in [2.24, 2.45) is 0 Å². The van der Waals surface area contributed by atoms with E-state index < -0.39 is 0 Å². The minimum atomic E-state index is -0.136. The summed E-state index contributed by atoms with van der Waals surface area (Å²) in [5.74, 6) is 1.02. The first-order valence-corrected chi connectivity index (χ1v) is 6.42. The maximum Gasteiger partial charge on any atom is 0.319 e. The molecule has 0 aliphatic rings. The van der Waals surface area contributed by atoms with Gasteiger partial charge in [-0.2, -0.15) is 11.8 Å². The minimum absolute atomic E-state index is 0.136. The number of hydrogen-bond acceptors (Lipinski definition) is 4. The van der Waals surface area contributed by atoms with Crippen molar-refractivity contribution in [1.82, 2.24) is 4.90 Å².